The minimum absolute atomic E-state index is 0.0186. The second kappa shape index (κ2) is 6.82. The molecule has 1 saturated heterocycles. The van der Waals surface area contributed by atoms with Gasteiger partial charge in [0.2, 0.25) is 11.7 Å². The maximum absolute atomic E-state index is 12.4. The topological polar surface area (TPSA) is 66.7 Å². The smallest absolute Gasteiger partial charge is 0.351 e. The lowest BCUT2D eigenvalue weighted by atomic mass is 10.1. The Morgan fingerprint density at radius 3 is 2.79 bits per heavy atom. The van der Waals surface area contributed by atoms with Crippen molar-refractivity contribution in [1.29, 1.82) is 0 Å². The van der Waals surface area contributed by atoms with Gasteiger partial charge in [-0.1, -0.05) is 19.0 Å². The van der Waals surface area contributed by atoms with Gasteiger partial charge in [-0.2, -0.15) is 13.2 Å². The van der Waals surface area contributed by atoms with Gasteiger partial charge in [0.05, 0.1) is 5.69 Å². The van der Waals surface area contributed by atoms with Crippen molar-refractivity contribution < 1.29 is 27.3 Å². The number of amides is 2. The van der Waals surface area contributed by atoms with E-state index in [1.165, 1.54) is 13.1 Å². The Hall–Kier alpha value is -2.06. The zero-order chi connectivity index (χ0) is 18.1. The molecule has 24 heavy (non-hydrogen) atoms. The van der Waals surface area contributed by atoms with E-state index in [1.54, 1.807) is 0 Å². The molecule has 0 N–H and O–H groups in total. The summed E-state index contributed by atoms with van der Waals surface area (Å²) < 4.78 is 42.4. The van der Waals surface area contributed by atoms with Crippen molar-refractivity contribution in [2.75, 3.05) is 20.1 Å². The third-order valence-electron chi connectivity index (χ3n) is 4.28. The lowest BCUT2D eigenvalue weighted by molar-refractivity contribution is -0.158. The number of likely N-dealkylation sites (tertiary alicyclic amines) is 1. The monoisotopic (exact) mass is 347 g/mol. The number of nitrogens with zero attached hydrogens (tertiary/aromatic N) is 3. The maximum atomic E-state index is 12.4. The highest BCUT2D eigenvalue weighted by molar-refractivity contribution is 5.96. The van der Waals surface area contributed by atoms with Crippen LogP contribution < -0.4 is 0 Å². The number of carbonyl (C=O) groups excluding carboxylic acids is 2. The molecule has 1 aromatic rings. The quantitative estimate of drug-likeness (QED) is 0.820. The highest BCUT2D eigenvalue weighted by Crippen LogP contribution is 2.24. The summed E-state index contributed by atoms with van der Waals surface area (Å²) >= 11 is 0. The second-order valence-electron chi connectivity index (χ2n) is 6.02. The van der Waals surface area contributed by atoms with Crippen LogP contribution in [0.5, 0.6) is 0 Å². The molecule has 2 atom stereocenters. The number of aromatic nitrogens is 1. The molecule has 1 aromatic heterocycles. The third kappa shape index (κ3) is 3.88. The van der Waals surface area contributed by atoms with Crippen molar-refractivity contribution in [3.05, 3.63) is 17.5 Å². The molecular formula is C15H20F3N3O3. The molecular weight excluding hydrogens is 327 g/mol. The molecule has 1 aliphatic rings. The SMILES string of the molecule is CC[C@@H](C)c1cc(C(=O)N(C)[C@@H]2CCN(CC(F)(F)F)C2=O)on1. The molecule has 0 unspecified atom stereocenters. The van der Waals surface area contributed by atoms with E-state index in [2.05, 4.69) is 5.16 Å². The fourth-order valence-corrected chi connectivity index (χ4v) is 2.60. The van der Waals surface area contributed by atoms with Crippen molar-refractivity contribution in [2.24, 2.45) is 0 Å². The number of likely N-dealkylation sites (N-methyl/N-ethyl adjacent to an activating group) is 1. The summed E-state index contributed by atoms with van der Waals surface area (Å²) in [5.74, 6) is -1.17. The molecule has 1 fully saturated rings. The van der Waals surface area contributed by atoms with Crippen LogP contribution in [0.2, 0.25) is 0 Å². The van der Waals surface area contributed by atoms with Crippen LogP contribution in [0.15, 0.2) is 10.6 Å². The molecule has 0 saturated carbocycles. The van der Waals surface area contributed by atoms with Gasteiger partial charge in [-0.15, -0.1) is 0 Å². The molecule has 0 spiro atoms. The van der Waals surface area contributed by atoms with Gasteiger partial charge in [0.25, 0.3) is 5.91 Å². The average molecular weight is 347 g/mol. The summed E-state index contributed by atoms with van der Waals surface area (Å²) in [6.45, 7) is 2.57. The Bertz CT molecular complexity index is 615. The molecule has 9 heteroatoms. The normalized spacial score (nSPS) is 19.7. The van der Waals surface area contributed by atoms with Crippen LogP contribution in [-0.4, -0.2) is 59.1 Å². The number of hydrogen-bond acceptors (Lipinski definition) is 4. The first-order valence-corrected chi connectivity index (χ1v) is 7.73. The third-order valence-corrected chi connectivity index (χ3v) is 4.28. The number of carbonyl (C=O) groups is 2. The molecule has 0 aromatic carbocycles. The fourth-order valence-electron chi connectivity index (χ4n) is 2.60. The van der Waals surface area contributed by atoms with Crippen molar-refractivity contribution in [1.82, 2.24) is 15.0 Å². The lowest BCUT2D eigenvalue weighted by Crippen LogP contribution is -2.44. The number of hydrogen-bond donors (Lipinski definition) is 0. The molecule has 0 radical (unpaired) electrons. The van der Waals surface area contributed by atoms with Crippen LogP contribution in [0, 0.1) is 0 Å². The highest BCUT2D eigenvalue weighted by atomic mass is 19.4. The van der Waals surface area contributed by atoms with E-state index >= 15 is 0 Å². The Morgan fingerprint density at radius 2 is 2.21 bits per heavy atom. The van der Waals surface area contributed by atoms with Crippen LogP contribution in [-0.2, 0) is 4.79 Å². The molecule has 134 valence electrons. The Morgan fingerprint density at radius 1 is 1.54 bits per heavy atom. The zero-order valence-electron chi connectivity index (χ0n) is 13.8. The van der Waals surface area contributed by atoms with Gasteiger partial charge in [0.1, 0.15) is 12.6 Å². The second-order valence-corrected chi connectivity index (χ2v) is 6.02. The maximum Gasteiger partial charge on any atom is 0.406 e. The van der Waals surface area contributed by atoms with E-state index in [9.17, 15) is 22.8 Å². The number of alkyl halides is 3. The van der Waals surface area contributed by atoms with E-state index in [-0.39, 0.29) is 24.6 Å². The Kier molecular flexibility index (Phi) is 5.19. The molecule has 6 nitrogen and oxygen atoms in total. The minimum atomic E-state index is -4.46. The first kappa shape index (κ1) is 18.3. The van der Waals surface area contributed by atoms with Crippen LogP contribution in [0.25, 0.3) is 0 Å². The minimum Gasteiger partial charge on any atom is -0.351 e. The molecule has 2 rings (SSSR count). The summed E-state index contributed by atoms with van der Waals surface area (Å²) in [5, 5.41) is 3.83. The van der Waals surface area contributed by atoms with Gasteiger partial charge >= 0.3 is 6.18 Å². The first-order valence-electron chi connectivity index (χ1n) is 7.73. The Balaban J connectivity index is 2.06. The summed E-state index contributed by atoms with van der Waals surface area (Å²) in [5.41, 5.74) is 0.630. The molecule has 1 aliphatic heterocycles. The fraction of sp³-hybridized carbons (Fsp3) is 0.667. The van der Waals surface area contributed by atoms with Gasteiger partial charge in [-0.25, -0.2) is 0 Å². The standard InChI is InChI=1S/C15H20F3N3O3/c1-4-9(2)10-7-12(24-19-10)14(23)20(3)11-5-6-21(13(11)22)8-15(16,17)18/h7,9,11H,4-6,8H2,1-3H3/t9-,11-/m1/s1. The summed E-state index contributed by atoms with van der Waals surface area (Å²) in [6.07, 6.45) is -3.48. The molecule has 0 aliphatic carbocycles. The molecule has 2 heterocycles. The van der Waals surface area contributed by atoms with E-state index < -0.39 is 30.6 Å². The molecule has 2 amide bonds. The summed E-state index contributed by atoms with van der Waals surface area (Å²) in [6, 6.07) is 0.594. The first-order chi connectivity index (χ1) is 11.1. The van der Waals surface area contributed by atoms with Crippen LogP contribution in [0.4, 0.5) is 13.2 Å². The lowest BCUT2D eigenvalue weighted by Gasteiger charge is -2.23. The van der Waals surface area contributed by atoms with Gasteiger partial charge in [-0.3, -0.25) is 9.59 Å². The van der Waals surface area contributed by atoms with Crippen molar-refractivity contribution in [3.63, 3.8) is 0 Å². The zero-order valence-corrected chi connectivity index (χ0v) is 13.8. The van der Waals surface area contributed by atoms with Crippen LogP contribution in [0.3, 0.4) is 0 Å². The van der Waals surface area contributed by atoms with E-state index in [0.717, 1.165) is 16.2 Å². The van der Waals surface area contributed by atoms with Gasteiger partial charge in [0.15, 0.2) is 0 Å². The summed E-state index contributed by atoms with van der Waals surface area (Å²) in [7, 11) is 1.38. The van der Waals surface area contributed by atoms with Crippen molar-refractivity contribution >= 4 is 11.8 Å². The number of rotatable bonds is 5. The van der Waals surface area contributed by atoms with E-state index in [4.69, 9.17) is 4.52 Å². The van der Waals surface area contributed by atoms with Crippen molar-refractivity contribution in [3.8, 4) is 0 Å². The van der Waals surface area contributed by atoms with Crippen molar-refractivity contribution in [2.45, 2.75) is 44.8 Å². The summed E-state index contributed by atoms with van der Waals surface area (Å²) in [4.78, 5) is 26.3. The van der Waals surface area contributed by atoms with Gasteiger partial charge < -0.3 is 14.3 Å². The largest absolute Gasteiger partial charge is 0.406 e. The van der Waals surface area contributed by atoms with Crippen LogP contribution in [0.1, 0.15) is 48.9 Å². The van der Waals surface area contributed by atoms with E-state index in [1.807, 2.05) is 13.8 Å². The predicted molar refractivity (Wildman–Crippen MR) is 78.3 cm³/mol. The number of halogens is 3. The van der Waals surface area contributed by atoms with Gasteiger partial charge in [-0.05, 0) is 12.8 Å². The molecule has 0 bridgehead atoms. The Labute approximate surface area is 137 Å². The van der Waals surface area contributed by atoms with Crippen LogP contribution >= 0.6 is 0 Å². The average Bonchev–Trinajstić information content (AvgIpc) is 3.12. The van der Waals surface area contributed by atoms with E-state index in [0.29, 0.717) is 5.69 Å². The van der Waals surface area contributed by atoms with Gasteiger partial charge in [0, 0.05) is 25.6 Å². The highest BCUT2D eigenvalue weighted by Gasteiger charge is 2.42. The predicted octanol–water partition coefficient (Wildman–Crippen LogP) is 2.42.